The summed E-state index contributed by atoms with van der Waals surface area (Å²) in [6, 6.07) is 13.5. The van der Waals surface area contributed by atoms with Crippen LogP contribution in [0.15, 0.2) is 60.9 Å². The number of halogens is 2. The molecule has 0 bridgehead atoms. The van der Waals surface area contributed by atoms with Gasteiger partial charge in [-0.05, 0) is 36.4 Å². The molecule has 0 aliphatic carbocycles. The Labute approximate surface area is 138 Å². The van der Waals surface area contributed by atoms with Crippen molar-refractivity contribution in [3.05, 3.63) is 82.9 Å². The first-order chi connectivity index (χ1) is 11.1. The van der Waals surface area contributed by atoms with E-state index in [0.717, 1.165) is 5.69 Å². The number of rotatable bonds is 4. The number of aromatic nitrogens is 1. The molecule has 0 saturated heterocycles. The number of ether oxygens (including phenoxy) is 1. The summed E-state index contributed by atoms with van der Waals surface area (Å²) in [5.41, 5.74) is 1.68. The third kappa shape index (κ3) is 2.96. The van der Waals surface area contributed by atoms with Crippen LogP contribution in [0.2, 0.25) is 5.02 Å². The predicted molar refractivity (Wildman–Crippen MR) is 87.8 cm³/mol. The molecule has 0 spiro atoms. The van der Waals surface area contributed by atoms with Gasteiger partial charge in [0, 0.05) is 28.5 Å². The molecule has 1 unspecified atom stereocenters. The van der Waals surface area contributed by atoms with Crippen molar-refractivity contribution in [2.45, 2.75) is 6.10 Å². The van der Waals surface area contributed by atoms with Gasteiger partial charge in [-0.3, -0.25) is 0 Å². The Morgan fingerprint density at radius 3 is 2.52 bits per heavy atom. The van der Waals surface area contributed by atoms with Crippen LogP contribution in [0, 0.1) is 5.82 Å². The molecule has 2 aromatic carbocycles. The van der Waals surface area contributed by atoms with E-state index in [1.54, 1.807) is 18.2 Å². The van der Waals surface area contributed by atoms with Crippen LogP contribution in [0.5, 0.6) is 5.75 Å². The SMILES string of the molecule is COc1c(F)cccc1C(O)c1cc(Cl)ccc1-n1cccc1. The van der Waals surface area contributed by atoms with E-state index in [1.807, 2.05) is 35.2 Å². The summed E-state index contributed by atoms with van der Waals surface area (Å²) in [5, 5.41) is 11.3. The lowest BCUT2D eigenvalue weighted by Gasteiger charge is -2.19. The molecule has 1 heterocycles. The molecule has 1 N–H and O–H groups in total. The molecule has 0 fully saturated rings. The Kier molecular flexibility index (Phi) is 4.37. The molecular formula is C18H15ClFNO2. The van der Waals surface area contributed by atoms with E-state index in [-0.39, 0.29) is 5.75 Å². The summed E-state index contributed by atoms with van der Waals surface area (Å²) in [6.45, 7) is 0. The normalized spacial score (nSPS) is 12.2. The first-order valence-corrected chi connectivity index (χ1v) is 7.43. The molecule has 0 aliphatic heterocycles. The molecular weight excluding hydrogens is 317 g/mol. The number of aliphatic hydroxyl groups excluding tert-OH is 1. The first-order valence-electron chi connectivity index (χ1n) is 7.05. The largest absolute Gasteiger partial charge is 0.493 e. The zero-order valence-corrected chi connectivity index (χ0v) is 13.2. The maximum Gasteiger partial charge on any atom is 0.165 e. The molecule has 3 nitrogen and oxygen atoms in total. The van der Waals surface area contributed by atoms with Gasteiger partial charge in [0.15, 0.2) is 11.6 Å². The van der Waals surface area contributed by atoms with Crippen molar-refractivity contribution < 1.29 is 14.2 Å². The standard InChI is InChI=1S/C18H15ClFNO2/c1-23-18-13(5-4-6-15(18)20)17(22)14-11-12(19)7-8-16(14)21-9-2-3-10-21/h2-11,17,22H,1H3. The van der Waals surface area contributed by atoms with Gasteiger partial charge in [-0.15, -0.1) is 0 Å². The lowest BCUT2D eigenvalue weighted by atomic mass is 9.98. The number of aliphatic hydroxyl groups is 1. The lowest BCUT2D eigenvalue weighted by molar-refractivity contribution is 0.213. The van der Waals surface area contributed by atoms with Crippen LogP contribution in [-0.2, 0) is 0 Å². The van der Waals surface area contributed by atoms with Gasteiger partial charge >= 0.3 is 0 Å². The lowest BCUT2D eigenvalue weighted by Crippen LogP contribution is -2.07. The van der Waals surface area contributed by atoms with Gasteiger partial charge in [0.1, 0.15) is 6.10 Å². The molecule has 5 heteroatoms. The number of para-hydroxylation sites is 1. The molecule has 0 radical (unpaired) electrons. The van der Waals surface area contributed by atoms with Crippen molar-refractivity contribution in [1.29, 1.82) is 0 Å². The van der Waals surface area contributed by atoms with Crippen molar-refractivity contribution in [3.8, 4) is 11.4 Å². The highest BCUT2D eigenvalue weighted by atomic mass is 35.5. The minimum Gasteiger partial charge on any atom is -0.493 e. The minimum absolute atomic E-state index is 0.0263. The average molecular weight is 332 g/mol. The topological polar surface area (TPSA) is 34.4 Å². The van der Waals surface area contributed by atoms with Gasteiger partial charge in [-0.1, -0.05) is 23.7 Å². The molecule has 1 aromatic heterocycles. The monoisotopic (exact) mass is 331 g/mol. The Bertz CT molecular complexity index is 818. The van der Waals surface area contributed by atoms with Crippen molar-refractivity contribution >= 4 is 11.6 Å². The van der Waals surface area contributed by atoms with E-state index >= 15 is 0 Å². The van der Waals surface area contributed by atoms with E-state index in [2.05, 4.69) is 0 Å². The first kappa shape index (κ1) is 15.6. The summed E-state index contributed by atoms with van der Waals surface area (Å²) in [4.78, 5) is 0. The number of hydrogen-bond acceptors (Lipinski definition) is 2. The van der Waals surface area contributed by atoms with E-state index in [1.165, 1.54) is 19.2 Å². The zero-order valence-electron chi connectivity index (χ0n) is 12.4. The van der Waals surface area contributed by atoms with Crippen LogP contribution in [-0.4, -0.2) is 16.8 Å². The highest BCUT2D eigenvalue weighted by molar-refractivity contribution is 6.30. The van der Waals surface area contributed by atoms with Crippen molar-refractivity contribution in [1.82, 2.24) is 4.57 Å². The maximum atomic E-state index is 13.9. The summed E-state index contributed by atoms with van der Waals surface area (Å²) >= 11 is 6.09. The van der Waals surface area contributed by atoms with Gasteiger partial charge in [0.05, 0.1) is 12.8 Å². The van der Waals surface area contributed by atoms with Crippen LogP contribution >= 0.6 is 11.6 Å². The van der Waals surface area contributed by atoms with Gasteiger partial charge in [0.25, 0.3) is 0 Å². The van der Waals surface area contributed by atoms with Crippen LogP contribution in [0.4, 0.5) is 4.39 Å². The third-order valence-electron chi connectivity index (χ3n) is 3.66. The molecule has 118 valence electrons. The van der Waals surface area contributed by atoms with E-state index in [9.17, 15) is 9.50 Å². The smallest absolute Gasteiger partial charge is 0.165 e. The van der Waals surface area contributed by atoms with Gasteiger partial charge in [0.2, 0.25) is 0 Å². The number of hydrogen-bond donors (Lipinski definition) is 1. The number of methoxy groups -OCH3 is 1. The number of benzene rings is 2. The average Bonchev–Trinajstić information content (AvgIpc) is 3.08. The van der Waals surface area contributed by atoms with Gasteiger partial charge < -0.3 is 14.4 Å². The predicted octanol–water partition coefficient (Wildman–Crippen LogP) is 4.36. The molecule has 1 atom stereocenters. The fourth-order valence-corrected chi connectivity index (χ4v) is 2.78. The molecule has 0 aliphatic rings. The van der Waals surface area contributed by atoms with Crippen LogP contribution in [0.3, 0.4) is 0 Å². The molecule has 0 saturated carbocycles. The summed E-state index contributed by atoms with van der Waals surface area (Å²) in [7, 11) is 1.37. The zero-order chi connectivity index (χ0) is 16.4. The Morgan fingerprint density at radius 2 is 1.83 bits per heavy atom. The Hall–Kier alpha value is -2.30. The third-order valence-corrected chi connectivity index (χ3v) is 3.90. The van der Waals surface area contributed by atoms with Crippen LogP contribution < -0.4 is 4.74 Å². The van der Waals surface area contributed by atoms with Crippen molar-refractivity contribution in [3.63, 3.8) is 0 Å². The summed E-state index contributed by atoms with van der Waals surface area (Å²) in [6.07, 6.45) is 2.65. The summed E-state index contributed by atoms with van der Waals surface area (Å²) in [5.74, 6) is -0.493. The second kappa shape index (κ2) is 6.44. The fourth-order valence-electron chi connectivity index (χ4n) is 2.60. The fraction of sp³-hybridized carbons (Fsp3) is 0.111. The highest BCUT2D eigenvalue weighted by Gasteiger charge is 2.21. The molecule has 3 rings (SSSR count). The van der Waals surface area contributed by atoms with Crippen LogP contribution in [0.1, 0.15) is 17.2 Å². The highest BCUT2D eigenvalue weighted by Crippen LogP contribution is 2.35. The molecule has 3 aromatic rings. The second-order valence-electron chi connectivity index (χ2n) is 5.06. The van der Waals surface area contributed by atoms with Crippen molar-refractivity contribution in [2.75, 3.05) is 7.11 Å². The van der Waals surface area contributed by atoms with E-state index < -0.39 is 11.9 Å². The number of nitrogens with zero attached hydrogens (tertiary/aromatic N) is 1. The van der Waals surface area contributed by atoms with Gasteiger partial charge in [-0.25, -0.2) is 4.39 Å². The molecule has 0 amide bonds. The summed E-state index contributed by atoms with van der Waals surface area (Å²) < 4.78 is 20.9. The van der Waals surface area contributed by atoms with E-state index in [0.29, 0.717) is 16.1 Å². The van der Waals surface area contributed by atoms with Gasteiger partial charge in [-0.2, -0.15) is 0 Å². The van der Waals surface area contributed by atoms with E-state index in [4.69, 9.17) is 16.3 Å². The Morgan fingerprint density at radius 1 is 1.09 bits per heavy atom. The Balaban J connectivity index is 2.15. The molecule has 23 heavy (non-hydrogen) atoms. The maximum absolute atomic E-state index is 13.9. The van der Waals surface area contributed by atoms with Crippen LogP contribution in [0.25, 0.3) is 5.69 Å². The quantitative estimate of drug-likeness (QED) is 0.770. The second-order valence-corrected chi connectivity index (χ2v) is 5.49. The van der Waals surface area contributed by atoms with Crippen molar-refractivity contribution in [2.24, 2.45) is 0 Å². The minimum atomic E-state index is -1.07.